The van der Waals surface area contributed by atoms with Crippen molar-refractivity contribution in [2.24, 2.45) is 0 Å². The minimum absolute atomic E-state index is 0.0418. The van der Waals surface area contributed by atoms with Crippen LogP contribution >= 0.6 is 0 Å². The molecule has 0 amide bonds. The number of aromatic nitrogens is 3. The third kappa shape index (κ3) is 3.68. The molecule has 3 heterocycles. The molecule has 142 valence electrons. The highest BCUT2D eigenvalue weighted by Crippen LogP contribution is 2.22. The molecule has 4 rings (SSSR count). The van der Waals surface area contributed by atoms with Crippen LogP contribution in [0.3, 0.4) is 0 Å². The first-order valence-electron chi connectivity index (χ1n) is 9.22. The Labute approximate surface area is 159 Å². The SMILES string of the molecule is CC(Nc1nc2ccc(S(=O)(=O)N3CCCCC3)cn2n1)c1ccccc1. The maximum absolute atomic E-state index is 12.8. The molecule has 1 atom stereocenters. The number of rotatable bonds is 5. The highest BCUT2D eigenvalue weighted by Gasteiger charge is 2.26. The Hall–Kier alpha value is -2.45. The molecule has 1 unspecified atom stereocenters. The molecule has 8 heteroatoms. The molecule has 0 saturated carbocycles. The smallest absolute Gasteiger partial charge is 0.244 e. The number of piperidine rings is 1. The first kappa shape index (κ1) is 17.9. The van der Waals surface area contributed by atoms with Crippen molar-refractivity contribution in [3.05, 3.63) is 54.2 Å². The average Bonchev–Trinajstić information content (AvgIpc) is 3.10. The molecule has 0 radical (unpaired) electrons. The van der Waals surface area contributed by atoms with Crippen molar-refractivity contribution in [2.75, 3.05) is 18.4 Å². The molecule has 2 aromatic heterocycles. The zero-order valence-electron chi connectivity index (χ0n) is 15.2. The van der Waals surface area contributed by atoms with E-state index in [1.165, 1.54) is 4.52 Å². The summed E-state index contributed by atoms with van der Waals surface area (Å²) in [6, 6.07) is 13.4. The van der Waals surface area contributed by atoms with Crippen LogP contribution in [-0.4, -0.2) is 40.4 Å². The van der Waals surface area contributed by atoms with E-state index in [9.17, 15) is 8.42 Å². The van der Waals surface area contributed by atoms with E-state index in [1.54, 1.807) is 22.6 Å². The van der Waals surface area contributed by atoms with Crippen LogP contribution in [0.2, 0.25) is 0 Å². The van der Waals surface area contributed by atoms with Gasteiger partial charge in [0.25, 0.3) is 0 Å². The van der Waals surface area contributed by atoms with Gasteiger partial charge >= 0.3 is 0 Å². The monoisotopic (exact) mass is 385 g/mol. The number of hydrogen-bond donors (Lipinski definition) is 1. The van der Waals surface area contributed by atoms with Crippen molar-refractivity contribution in [3.63, 3.8) is 0 Å². The summed E-state index contributed by atoms with van der Waals surface area (Å²) in [6.07, 6.45) is 4.46. The van der Waals surface area contributed by atoms with Crippen molar-refractivity contribution in [3.8, 4) is 0 Å². The summed E-state index contributed by atoms with van der Waals surface area (Å²) < 4.78 is 28.8. The summed E-state index contributed by atoms with van der Waals surface area (Å²) in [6.45, 7) is 3.20. The maximum atomic E-state index is 12.8. The normalized spacial score (nSPS) is 17.1. The van der Waals surface area contributed by atoms with E-state index in [0.29, 0.717) is 24.7 Å². The van der Waals surface area contributed by atoms with Crippen molar-refractivity contribution < 1.29 is 8.42 Å². The molecule has 1 saturated heterocycles. The summed E-state index contributed by atoms with van der Waals surface area (Å²) in [5.41, 5.74) is 1.74. The van der Waals surface area contributed by atoms with Gasteiger partial charge < -0.3 is 5.32 Å². The predicted octanol–water partition coefficient (Wildman–Crippen LogP) is 3.08. The van der Waals surface area contributed by atoms with E-state index in [0.717, 1.165) is 24.8 Å². The van der Waals surface area contributed by atoms with Crippen molar-refractivity contribution in [1.29, 1.82) is 0 Å². The van der Waals surface area contributed by atoms with Crippen LogP contribution in [0.25, 0.3) is 5.65 Å². The second-order valence-corrected chi connectivity index (χ2v) is 8.78. The minimum atomic E-state index is -3.49. The topological polar surface area (TPSA) is 79.6 Å². The van der Waals surface area contributed by atoms with Gasteiger partial charge in [-0.15, -0.1) is 5.10 Å². The largest absolute Gasteiger partial charge is 0.346 e. The van der Waals surface area contributed by atoms with Gasteiger partial charge in [0.05, 0.1) is 12.2 Å². The van der Waals surface area contributed by atoms with E-state index in [1.807, 2.05) is 37.3 Å². The fraction of sp³-hybridized carbons (Fsp3) is 0.368. The number of anilines is 1. The minimum Gasteiger partial charge on any atom is -0.346 e. The van der Waals surface area contributed by atoms with E-state index in [-0.39, 0.29) is 10.9 Å². The van der Waals surface area contributed by atoms with Gasteiger partial charge in [-0.05, 0) is 37.5 Å². The van der Waals surface area contributed by atoms with Crippen LogP contribution in [0.5, 0.6) is 0 Å². The number of fused-ring (bicyclic) bond motifs is 1. The number of nitrogens with zero attached hydrogens (tertiary/aromatic N) is 4. The zero-order chi connectivity index (χ0) is 18.9. The van der Waals surface area contributed by atoms with Crippen LogP contribution in [-0.2, 0) is 10.0 Å². The van der Waals surface area contributed by atoms with Crippen LogP contribution in [0.15, 0.2) is 53.6 Å². The summed E-state index contributed by atoms with van der Waals surface area (Å²) in [5, 5.41) is 7.68. The van der Waals surface area contributed by atoms with Crippen LogP contribution < -0.4 is 5.32 Å². The lowest BCUT2D eigenvalue weighted by Crippen LogP contribution is -2.35. The lowest BCUT2D eigenvalue weighted by Gasteiger charge is -2.25. The lowest BCUT2D eigenvalue weighted by molar-refractivity contribution is 0.346. The number of sulfonamides is 1. The molecule has 1 aromatic carbocycles. The third-order valence-corrected chi connectivity index (χ3v) is 6.78. The molecule has 7 nitrogen and oxygen atoms in total. The molecule has 27 heavy (non-hydrogen) atoms. The Morgan fingerprint density at radius 2 is 1.78 bits per heavy atom. The van der Waals surface area contributed by atoms with E-state index in [4.69, 9.17) is 0 Å². The van der Waals surface area contributed by atoms with E-state index >= 15 is 0 Å². The molecule has 1 fully saturated rings. The number of nitrogens with one attached hydrogen (secondary N) is 1. The van der Waals surface area contributed by atoms with Crippen molar-refractivity contribution in [1.82, 2.24) is 18.9 Å². The predicted molar refractivity (Wildman–Crippen MR) is 104 cm³/mol. The third-order valence-electron chi connectivity index (χ3n) is 4.90. The number of benzene rings is 1. The Kier molecular flexibility index (Phi) is 4.84. The van der Waals surface area contributed by atoms with Crippen molar-refractivity contribution >= 4 is 21.6 Å². The second kappa shape index (κ2) is 7.28. The molecule has 3 aromatic rings. The Balaban J connectivity index is 1.58. The van der Waals surface area contributed by atoms with E-state index < -0.39 is 10.0 Å². The van der Waals surface area contributed by atoms with Crippen LogP contribution in [0.4, 0.5) is 5.95 Å². The fourth-order valence-electron chi connectivity index (χ4n) is 3.35. The van der Waals surface area contributed by atoms with Gasteiger partial charge in [0.2, 0.25) is 16.0 Å². The van der Waals surface area contributed by atoms with Gasteiger partial charge in [-0.2, -0.15) is 9.29 Å². The van der Waals surface area contributed by atoms with Gasteiger partial charge in [0.15, 0.2) is 5.65 Å². The van der Waals surface area contributed by atoms with Crippen LogP contribution in [0, 0.1) is 0 Å². The summed E-state index contributed by atoms with van der Waals surface area (Å²) >= 11 is 0. The Morgan fingerprint density at radius 1 is 1.04 bits per heavy atom. The molecule has 1 aliphatic heterocycles. The molecular weight excluding hydrogens is 362 g/mol. The molecular formula is C19H23N5O2S. The number of hydrogen-bond acceptors (Lipinski definition) is 5. The fourth-order valence-corrected chi connectivity index (χ4v) is 4.86. The average molecular weight is 385 g/mol. The van der Waals surface area contributed by atoms with Gasteiger partial charge in [-0.3, -0.25) is 0 Å². The molecule has 0 spiro atoms. The highest BCUT2D eigenvalue weighted by atomic mass is 32.2. The molecule has 1 aliphatic rings. The maximum Gasteiger partial charge on any atom is 0.244 e. The van der Waals surface area contributed by atoms with Crippen LogP contribution in [0.1, 0.15) is 37.8 Å². The first-order valence-corrected chi connectivity index (χ1v) is 10.7. The molecule has 0 aliphatic carbocycles. The lowest BCUT2D eigenvalue weighted by atomic mass is 10.1. The highest BCUT2D eigenvalue weighted by molar-refractivity contribution is 7.89. The van der Waals surface area contributed by atoms with Gasteiger partial charge in [0, 0.05) is 13.1 Å². The summed E-state index contributed by atoms with van der Waals surface area (Å²) in [5.74, 6) is 0.471. The van der Waals surface area contributed by atoms with Gasteiger partial charge in [-0.25, -0.2) is 12.9 Å². The van der Waals surface area contributed by atoms with Gasteiger partial charge in [-0.1, -0.05) is 36.8 Å². The molecule has 0 bridgehead atoms. The standard InChI is InChI=1S/C19H23N5O2S/c1-15(16-8-4-2-5-9-16)20-19-21-18-11-10-17(14-24(18)22-19)27(25,26)23-12-6-3-7-13-23/h2,4-5,8-11,14-15H,3,6-7,12-13H2,1H3,(H,20,22). The summed E-state index contributed by atoms with van der Waals surface area (Å²) in [7, 11) is -3.49. The number of pyridine rings is 1. The summed E-state index contributed by atoms with van der Waals surface area (Å²) in [4.78, 5) is 4.70. The Morgan fingerprint density at radius 3 is 2.52 bits per heavy atom. The quantitative estimate of drug-likeness (QED) is 0.730. The first-order chi connectivity index (χ1) is 13.0. The second-order valence-electron chi connectivity index (χ2n) is 6.84. The Bertz CT molecular complexity index is 1030. The zero-order valence-corrected chi connectivity index (χ0v) is 16.1. The van der Waals surface area contributed by atoms with Gasteiger partial charge in [0.1, 0.15) is 4.90 Å². The van der Waals surface area contributed by atoms with Crippen molar-refractivity contribution in [2.45, 2.75) is 37.1 Å². The molecule has 1 N–H and O–H groups in total. The van der Waals surface area contributed by atoms with E-state index in [2.05, 4.69) is 15.4 Å².